The first kappa shape index (κ1) is 13.2. The molecule has 0 radical (unpaired) electrons. The lowest BCUT2D eigenvalue weighted by atomic mass is 9.91. The largest absolute Gasteiger partial charge is 0.369 e. The van der Waals surface area contributed by atoms with Crippen molar-refractivity contribution in [3.63, 3.8) is 0 Å². The first-order chi connectivity index (χ1) is 9.49. The van der Waals surface area contributed by atoms with Gasteiger partial charge in [-0.15, -0.1) is 11.3 Å². The third-order valence-corrected chi connectivity index (χ3v) is 4.98. The van der Waals surface area contributed by atoms with Gasteiger partial charge < -0.3 is 10.3 Å². The number of rotatable bonds is 3. The van der Waals surface area contributed by atoms with Gasteiger partial charge in [0.15, 0.2) is 0 Å². The van der Waals surface area contributed by atoms with Crippen molar-refractivity contribution in [3.8, 4) is 0 Å². The predicted octanol–water partition coefficient (Wildman–Crippen LogP) is 3.97. The standard InChI is InChI=1S/C16H19N3S/c1-11-6-4-7-12-14(11)19(15(17)18-12)10-16(2,3)13-8-5-9-20-13/h4-9H,10H2,1-3H3,(H2,17,18). The minimum Gasteiger partial charge on any atom is -0.369 e. The number of fused-ring (bicyclic) bond motifs is 1. The summed E-state index contributed by atoms with van der Waals surface area (Å²) in [5.74, 6) is 0.596. The molecular weight excluding hydrogens is 266 g/mol. The molecule has 2 heterocycles. The average Bonchev–Trinajstić information content (AvgIpc) is 2.99. The number of nitrogens with zero attached hydrogens (tertiary/aromatic N) is 2. The van der Waals surface area contributed by atoms with Crippen LogP contribution in [0.15, 0.2) is 35.7 Å². The maximum atomic E-state index is 6.14. The van der Waals surface area contributed by atoms with E-state index < -0.39 is 0 Å². The topological polar surface area (TPSA) is 43.8 Å². The highest BCUT2D eigenvalue weighted by molar-refractivity contribution is 7.10. The second kappa shape index (κ2) is 4.63. The van der Waals surface area contributed by atoms with Gasteiger partial charge in [0.2, 0.25) is 5.95 Å². The Morgan fingerprint density at radius 3 is 2.75 bits per heavy atom. The summed E-state index contributed by atoms with van der Waals surface area (Å²) in [6, 6.07) is 10.4. The van der Waals surface area contributed by atoms with Crippen molar-refractivity contribution in [3.05, 3.63) is 46.2 Å². The molecule has 0 fully saturated rings. The predicted molar refractivity (Wildman–Crippen MR) is 86.2 cm³/mol. The molecule has 0 atom stereocenters. The number of benzene rings is 1. The van der Waals surface area contributed by atoms with Crippen LogP contribution in [0.2, 0.25) is 0 Å². The lowest BCUT2D eigenvalue weighted by molar-refractivity contribution is 0.453. The lowest BCUT2D eigenvalue weighted by Crippen LogP contribution is -2.24. The zero-order valence-corrected chi connectivity index (χ0v) is 12.9. The van der Waals surface area contributed by atoms with Crippen molar-refractivity contribution in [2.75, 3.05) is 5.73 Å². The quantitative estimate of drug-likeness (QED) is 0.791. The molecule has 2 aromatic heterocycles. The minimum absolute atomic E-state index is 0.0399. The summed E-state index contributed by atoms with van der Waals surface area (Å²) in [6.45, 7) is 7.45. The van der Waals surface area contributed by atoms with Gasteiger partial charge in [-0.25, -0.2) is 4.98 Å². The molecule has 3 nitrogen and oxygen atoms in total. The van der Waals surface area contributed by atoms with E-state index in [1.54, 1.807) is 11.3 Å². The van der Waals surface area contributed by atoms with Gasteiger partial charge in [-0.2, -0.15) is 0 Å². The van der Waals surface area contributed by atoms with Crippen LogP contribution in [-0.4, -0.2) is 9.55 Å². The number of aromatic nitrogens is 2. The van der Waals surface area contributed by atoms with E-state index in [0.29, 0.717) is 5.95 Å². The zero-order chi connectivity index (χ0) is 14.3. The third kappa shape index (κ3) is 2.10. The smallest absolute Gasteiger partial charge is 0.201 e. The summed E-state index contributed by atoms with van der Waals surface area (Å²) in [4.78, 5) is 5.85. The number of aryl methyl sites for hydroxylation is 1. The molecule has 0 aliphatic heterocycles. The molecule has 1 aromatic carbocycles. The SMILES string of the molecule is Cc1cccc2nc(N)n(CC(C)(C)c3cccs3)c12. The van der Waals surface area contributed by atoms with Gasteiger partial charge in [0, 0.05) is 16.8 Å². The van der Waals surface area contributed by atoms with Crippen molar-refractivity contribution in [1.29, 1.82) is 0 Å². The number of imidazole rings is 1. The van der Waals surface area contributed by atoms with Crippen LogP contribution >= 0.6 is 11.3 Å². The molecule has 2 N–H and O–H groups in total. The summed E-state index contributed by atoms with van der Waals surface area (Å²) >= 11 is 1.79. The van der Waals surface area contributed by atoms with Crippen LogP contribution in [0.5, 0.6) is 0 Å². The monoisotopic (exact) mass is 285 g/mol. The molecule has 3 aromatic rings. The van der Waals surface area contributed by atoms with Crippen LogP contribution in [0.3, 0.4) is 0 Å². The Morgan fingerprint density at radius 2 is 2.05 bits per heavy atom. The Kier molecular flexibility index (Phi) is 3.05. The average molecular weight is 285 g/mol. The van der Waals surface area contributed by atoms with Gasteiger partial charge in [-0.3, -0.25) is 0 Å². The molecule has 4 heteroatoms. The first-order valence-electron chi connectivity index (χ1n) is 6.74. The van der Waals surface area contributed by atoms with Crippen molar-refractivity contribution < 1.29 is 0 Å². The molecule has 0 saturated heterocycles. The summed E-state index contributed by atoms with van der Waals surface area (Å²) in [6.07, 6.45) is 0. The van der Waals surface area contributed by atoms with E-state index in [-0.39, 0.29) is 5.41 Å². The molecule has 0 spiro atoms. The first-order valence-corrected chi connectivity index (χ1v) is 7.62. The van der Waals surface area contributed by atoms with Crippen molar-refractivity contribution in [2.45, 2.75) is 32.7 Å². The fourth-order valence-electron chi connectivity index (χ4n) is 2.68. The van der Waals surface area contributed by atoms with Crippen LogP contribution in [-0.2, 0) is 12.0 Å². The number of hydrogen-bond acceptors (Lipinski definition) is 3. The maximum Gasteiger partial charge on any atom is 0.201 e. The van der Waals surface area contributed by atoms with Crippen LogP contribution in [0.4, 0.5) is 5.95 Å². The van der Waals surface area contributed by atoms with Crippen molar-refractivity contribution in [1.82, 2.24) is 9.55 Å². The molecule has 0 bridgehead atoms. The van der Waals surface area contributed by atoms with Gasteiger partial charge in [0.1, 0.15) is 0 Å². The van der Waals surface area contributed by atoms with Gasteiger partial charge >= 0.3 is 0 Å². The third-order valence-electron chi connectivity index (χ3n) is 3.74. The van der Waals surface area contributed by atoms with E-state index in [4.69, 9.17) is 5.73 Å². The van der Waals surface area contributed by atoms with Crippen LogP contribution in [0.1, 0.15) is 24.3 Å². The van der Waals surface area contributed by atoms with E-state index in [2.05, 4.69) is 53.9 Å². The van der Waals surface area contributed by atoms with Crippen LogP contribution < -0.4 is 5.73 Å². The van der Waals surface area contributed by atoms with Gasteiger partial charge in [0.05, 0.1) is 11.0 Å². The zero-order valence-electron chi connectivity index (χ0n) is 12.1. The molecular formula is C16H19N3S. The lowest BCUT2D eigenvalue weighted by Gasteiger charge is -2.25. The van der Waals surface area contributed by atoms with E-state index in [1.807, 2.05) is 12.1 Å². The normalized spacial score (nSPS) is 12.2. The van der Waals surface area contributed by atoms with Gasteiger partial charge in [-0.05, 0) is 30.0 Å². The summed E-state index contributed by atoms with van der Waals surface area (Å²) in [5, 5.41) is 2.12. The number of thiophene rings is 1. The molecule has 0 aliphatic carbocycles. The molecule has 0 unspecified atom stereocenters. The summed E-state index contributed by atoms with van der Waals surface area (Å²) < 4.78 is 2.14. The number of para-hydroxylation sites is 1. The molecule has 104 valence electrons. The second-order valence-corrected chi connectivity index (χ2v) is 6.81. The molecule has 3 rings (SSSR count). The Hall–Kier alpha value is -1.81. The highest BCUT2D eigenvalue weighted by Gasteiger charge is 2.24. The fraction of sp³-hybridized carbons (Fsp3) is 0.312. The van der Waals surface area contributed by atoms with Crippen LogP contribution in [0, 0.1) is 6.92 Å². The molecule has 0 saturated carbocycles. The highest BCUT2D eigenvalue weighted by Crippen LogP contribution is 2.32. The minimum atomic E-state index is 0.0399. The molecule has 0 aliphatic rings. The Balaban J connectivity index is 2.09. The summed E-state index contributed by atoms with van der Waals surface area (Å²) in [7, 11) is 0. The van der Waals surface area contributed by atoms with Crippen molar-refractivity contribution in [2.24, 2.45) is 0 Å². The number of anilines is 1. The second-order valence-electron chi connectivity index (χ2n) is 5.86. The van der Waals surface area contributed by atoms with E-state index >= 15 is 0 Å². The molecule has 0 amide bonds. The summed E-state index contributed by atoms with van der Waals surface area (Å²) in [5.41, 5.74) is 9.52. The highest BCUT2D eigenvalue weighted by atomic mass is 32.1. The number of hydrogen-bond donors (Lipinski definition) is 1. The number of nitrogens with two attached hydrogens (primary N) is 1. The number of nitrogen functional groups attached to an aromatic ring is 1. The molecule has 20 heavy (non-hydrogen) atoms. The van der Waals surface area contributed by atoms with Gasteiger partial charge in [-0.1, -0.05) is 32.0 Å². The van der Waals surface area contributed by atoms with Gasteiger partial charge in [0.25, 0.3) is 0 Å². The Morgan fingerprint density at radius 1 is 1.25 bits per heavy atom. The van der Waals surface area contributed by atoms with E-state index in [9.17, 15) is 0 Å². The van der Waals surface area contributed by atoms with E-state index in [0.717, 1.165) is 17.6 Å². The Labute approximate surface area is 123 Å². The maximum absolute atomic E-state index is 6.14. The van der Waals surface area contributed by atoms with Crippen molar-refractivity contribution >= 4 is 28.3 Å². The Bertz CT molecular complexity index is 739. The fourth-order valence-corrected chi connectivity index (χ4v) is 3.52. The van der Waals surface area contributed by atoms with E-state index in [1.165, 1.54) is 10.4 Å². The van der Waals surface area contributed by atoms with Crippen LogP contribution in [0.25, 0.3) is 11.0 Å².